The predicted molar refractivity (Wildman–Crippen MR) is 208 cm³/mol. The number of carboxylic acid groups (broad SMARTS) is 1. The third-order valence-corrected chi connectivity index (χ3v) is 16.4. The van der Waals surface area contributed by atoms with Crippen molar-refractivity contribution in [3.05, 3.63) is 46.0 Å². The maximum atomic E-state index is 14.1. The molecule has 7 nitrogen and oxygen atoms in total. The number of hydrogen-bond acceptors (Lipinski definition) is 5. The number of carboxylic acids is 1. The van der Waals surface area contributed by atoms with Crippen LogP contribution in [0.2, 0.25) is 5.02 Å². The standard InChI is InChI=1S/C45H64ClNO6/c1-27(2)38-34(49)24-45(22-23-47(29(4)48)26-30-10-12-31(46)13-11-30)21-20-43(8)33(39(38)45)14-15-36-42(7)18-17-35(28(3)32(42)16-19-44(36,43)9)53-37(50)25-41(5,6)40(51)52/h10-13,27-28,32-33,35-36H,14-26H2,1-9H3,(H,51,52)/t28-,32+,33-,35+,36-,42+,43-,44-,45-/m1/s1. The van der Waals surface area contributed by atoms with Gasteiger partial charge in [0.2, 0.25) is 5.91 Å². The molecule has 0 aromatic heterocycles. The van der Waals surface area contributed by atoms with Gasteiger partial charge in [-0.1, -0.05) is 70.8 Å². The molecule has 1 amide bonds. The van der Waals surface area contributed by atoms with E-state index in [1.807, 2.05) is 29.2 Å². The van der Waals surface area contributed by atoms with E-state index in [1.165, 1.54) is 5.57 Å². The van der Waals surface area contributed by atoms with Gasteiger partial charge in [0.1, 0.15) is 6.10 Å². The Morgan fingerprint density at radius 3 is 2.28 bits per heavy atom. The summed E-state index contributed by atoms with van der Waals surface area (Å²) in [6.45, 7) is 20.3. The van der Waals surface area contributed by atoms with Crippen molar-refractivity contribution in [1.29, 1.82) is 0 Å². The first-order valence-corrected chi connectivity index (χ1v) is 20.8. The Morgan fingerprint density at radius 2 is 1.66 bits per heavy atom. The maximum absolute atomic E-state index is 14.1. The number of esters is 1. The smallest absolute Gasteiger partial charge is 0.309 e. The average Bonchev–Trinajstić information content (AvgIpc) is 3.37. The van der Waals surface area contributed by atoms with Crippen LogP contribution in [0.25, 0.3) is 0 Å². The minimum absolute atomic E-state index is 0.0476. The fourth-order valence-electron chi connectivity index (χ4n) is 13.0. The largest absolute Gasteiger partial charge is 0.481 e. The van der Waals surface area contributed by atoms with Gasteiger partial charge >= 0.3 is 11.9 Å². The lowest BCUT2D eigenvalue weighted by atomic mass is 9.34. The first-order chi connectivity index (χ1) is 24.7. The summed E-state index contributed by atoms with van der Waals surface area (Å²) in [6, 6.07) is 7.72. The monoisotopic (exact) mass is 749 g/mol. The number of allylic oxidation sites excluding steroid dienone is 2. The van der Waals surface area contributed by atoms with Crippen LogP contribution in [0.5, 0.6) is 0 Å². The van der Waals surface area contributed by atoms with Crippen molar-refractivity contribution in [2.45, 2.75) is 146 Å². The van der Waals surface area contributed by atoms with E-state index in [1.54, 1.807) is 20.8 Å². The van der Waals surface area contributed by atoms with Crippen LogP contribution >= 0.6 is 11.6 Å². The van der Waals surface area contributed by atoms with Crippen molar-refractivity contribution in [3.8, 4) is 0 Å². The van der Waals surface area contributed by atoms with Crippen LogP contribution in [0.1, 0.15) is 139 Å². The molecule has 0 radical (unpaired) electrons. The van der Waals surface area contributed by atoms with E-state index in [0.717, 1.165) is 68.9 Å². The van der Waals surface area contributed by atoms with Crippen LogP contribution in [-0.4, -0.2) is 46.3 Å². The van der Waals surface area contributed by atoms with Gasteiger partial charge in [-0.05, 0) is 141 Å². The number of benzene rings is 1. The fourth-order valence-corrected chi connectivity index (χ4v) is 13.1. The van der Waals surface area contributed by atoms with E-state index < -0.39 is 17.4 Å². The molecule has 4 saturated carbocycles. The van der Waals surface area contributed by atoms with Crippen molar-refractivity contribution in [1.82, 2.24) is 4.90 Å². The average molecular weight is 750 g/mol. The Morgan fingerprint density at radius 1 is 0.981 bits per heavy atom. The predicted octanol–water partition coefficient (Wildman–Crippen LogP) is 10.1. The van der Waals surface area contributed by atoms with Crippen molar-refractivity contribution in [2.75, 3.05) is 6.54 Å². The number of ketones is 1. The molecule has 5 aliphatic carbocycles. The molecule has 53 heavy (non-hydrogen) atoms. The molecule has 0 bridgehead atoms. The Balaban J connectivity index is 1.25. The summed E-state index contributed by atoms with van der Waals surface area (Å²) < 4.78 is 6.08. The SMILES string of the molecule is CC(=O)N(CC[C@@]12CC[C@]3(C)[C@H](CC[C@@H]4[C@@]5(C)CC[C@H](OC(=O)CC(C)(C)C(=O)O)[C@H](C)[C@@H]5CC[C@]43C)C1=C(C(C)C)C(=O)C2)Cc1ccc(Cl)cc1. The highest BCUT2D eigenvalue weighted by molar-refractivity contribution is 6.30. The van der Waals surface area contributed by atoms with Gasteiger partial charge in [-0.2, -0.15) is 0 Å². The summed E-state index contributed by atoms with van der Waals surface area (Å²) in [7, 11) is 0. The molecule has 9 atom stereocenters. The summed E-state index contributed by atoms with van der Waals surface area (Å²) in [5.74, 6) is 0.654. The minimum Gasteiger partial charge on any atom is -0.481 e. The Labute approximate surface area is 323 Å². The van der Waals surface area contributed by atoms with Gasteiger partial charge in [0, 0.05) is 36.9 Å². The number of amides is 1. The second kappa shape index (κ2) is 14.1. The number of Topliss-reactive ketones (excluding diaryl/α,β-unsaturated/α-hetero) is 1. The summed E-state index contributed by atoms with van der Waals surface area (Å²) >= 11 is 6.15. The molecule has 1 N–H and O–H groups in total. The molecular weight excluding hydrogens is 686 g/mol. The highest BCUT2D eigenvalue weighted by atomic mass is 35.5. The molecule has 0 heterocycles. The number of halogens is 1. The van der Waals surface area contributed by atoms with Crippen molar-refractivity contribution in [2.24, 2.45) is 56.7 Å². The van der Waals surface area contributed by atoms with Crippen LogP contribution < -0.4 is 0 Å². The molecule has 0 unspecified atom stereocenters. The van der Waals surface area contributed by atoms with Crippen LogP contribution in [0, 0.1) is 56.7 Å². The van der Waals surface area contributed by atoms with Gasteiger partial charge in [0.15, 0.2) is 5.78 Å². The van der Waals surface area contributed by atoms with Crippen molar-refractivity contribution in [3.63, 3.8) is 0 Å². The van der Waals surface area contributed by atoms with Gasteiger partial charge in [0.25, 0.3) is 0 Å². The summed E-state index contributed by atoms with van der Waals surface area (Å²) in [5.41, 5.74) is 2.49. The van der Waals surface area contributed by atoms with E-state index in [9.17, 15) is 24.3 Å². The molecular formula is C45H64ClNO6. The van der Waals surface area contributed by atoms with Gasteiger partial charge in [-0.25, -0.2) is 0 Å². The van der Waals surface area contributed by atoms with Gasteiger partial charge < -0.3 is 14.7 Å². The van der Waals surface area contributed by atoms with E-state index in [-0.39, 0.29) is 51.9 Å². The number of rotatable bonds is 10. The van der Waals surface area contributed by atoms with E-state index in [0.29, 0.717) is 48.1 Å². The number of carbonyl (C=O) groups is 4. The Hall–Kier alpha value is -2.67. The minimum atomic E-state index is -1.15. The van der Waals surface area contributed by atoms with Crippen molar-refractivity contribution < 1.29 is 29.0 Å². The van der Waals surface area contributed by atoms with Crippen LogP contribution in [-0.2, 0) is 30.5 Å². The summed E-state index contributed by atoms with van der Waals surface area (Å²) in [4.78, 5) is 53.7. The van der Waals surface area contributed by atoms with E-state index >= 15 is 0 Å². The van der Waals surface area contributed by atoms with Crippen LogP contribution in [0.3, 0.4) is 0 Å². The van der Waals surface area contributed by atoms with E-state index in [2.05, 4.69) is 41.5 Å². The Bertz CT molecular complexity index is 1660. The molecule has 8 heteroatoms. The molecule has 1 aromatic carbocycles. The first kappa shape index (κ1) is 40.0. The van der Waals surface area contributed by atoms with Crippen molar-refractivity contribution >= 4 is 35.2 Å². The number of hydrogen-bond donors (Lipinski definition) is 1. The lowest BCUT2D eigenvalue weighted by Crippen LogP contribution is -2.64. The van der Waals surface area contributed by atoms with Gasteiger partial charge in [-0.15, -0.1) is 0 Å². The molecule has 0 saturated heterocycles. The lowest BCUT2D eigenvalue weighted by molar-refractivity contribution is -0.216. The zero-order valence-electron chi connectivity index (χ0n) is 33.8. The number of ether oxygens (including phenoxy) is 1. The molecule has 0 spiro atoms. The van der Waals surface area contributed by atoms with Crippen LogP contribution in [0.4, 0.5) is 0 Å². The lowest BCUT2D eigenvalue weighted by Gasteiger charge is -2.71. The molecule has 1 aromatic rings. The van der Waals surface area contributed by atoms with Gasteiger partial charge in [-0.3, -0.25) is 19.2 Å². The molecule has 5 aliphatic rings. The van der Waals surface area contributed by atoms with Crippen LogP contribution in [0.15, 0.2) is 35.4 Å². The fraction of sp³-hybridized carbons (Fsp3) is 0.733. The third kappa shape index (κ3) is 6.71. The quantitative estimate of drug-likeness (QED) is 0.239. The zero-order valence-corrected chi connectivity index (χ0v) is 34.5. The summed E-state index contributed by atoms with van der Waals surface area (Å²) in [6.07, 6.45) is 9.35. The van der Waals surface area contributed by atoms with E-state index in [4.69, 9.17) is 16.3 Å². The zero-order chi connectivity index (χ0) is 38.9. The topological polar surface area (TPSA) is 101 Å². The molecule has 4 fully saturated rings. The number of fused-ring (bicyclic) bond motifs is 7. The third-order valence-electron chi connectivity index (χ3n) is 16.1. The second-order valence-electron chi connectivity index (χ2n) is 19.6. The first-order valence-electron chi connectivity index (χ1n) is 20.4. The number of aliphatic carboxylic acids is 1. The molecule has 292 valence electrons. The second-order valence-corrected chi connectivity index (χ2v) is 20.1. The molecule has 6 rings (SSSR count). The number of nitrogens with zero attached hydrogens (tertiary/aromatic N) is 1. The molecule has 0 aliphatic heterocycles. The Kier molecular flexibility index (Phi) is 10.7. The summed E-state index contributed by atoms with van der Waals surface area (Å²) in [5, 5.41) is 10.3. The maximum Gasteiger partial charge on any atom is 0.309 e. The normalized spacial score (nSPS) is 36.7. The highest BCUT2D eigenvalue weighted by Crippen LogP contribution is 2.76. The van der Waals surface area contributed by atoms with Gasteiger partial charge in [0.05, 0.1) is 11.8 Å². The number of carbonyl (C=O) groups excluding carboxylic acids is 3. The highest BCUT2D eigenvalue weighted by Gasteiger charge is 2.69.